The highest BCUT2D eigenvalue weighted by molar-refractivity contribution is 6.06. The molecule has 0 saturated carbocycles. The number of esters is 2. The fraction of sp³-hybridized carbons (Fsp3) is 0.533. The van der Waals surface area contributed by atoms with E-state index in [1.165, 1.54) is 18.4 Å². The second-order valence-electron chi connectivity index (χ2n) is 4.78. The maximum Gasteiger partial charge on any atom is 0.329 e. The van der Waals surface area contributed by atoms with Crippen molar-refractivity contribution in [1.29, 1.82) is 0 Å². The van der Waals surface area contributed by atoms with Crippen molar-refractivity contribution >= 4 is 17.7 Å². The van der Waals surface area contributed by atoms with Crippen LogP contribution in [0.5, 0.6) is 0 Å². The van der Waals surface area contributed by atoms with Crippen LogP contribution < -0.4 is 0 Å². The van der Waals surface area contributed by atoms with Gasteiger partial charge in [0.05, 0.1) is 18.9 Å². The van der Waals surface area contributed by atoms with E-state index in [0.29, 0.717) is 11.4 Å². The van der Waals surface area contributed by atoms with Crippen LogP contribution in [0.4, 0.5) is 0 Å². The van der Waals surface area contributed by atoms with Crippen molar-refractivity contribution in [2.24, 2.45) is 7.05 Å². The largest absolute Gasteiger partial charge is 0.465 e. The third-order valence-corrected chi connectivity index (χ3v) is 3.36. The van der Waals surface area contributed by atoms with Crippen molar-refractivity contribution < 1.29 is 23.9 Å². The molecule has 0 saturated heterocycles. The van der Waals surface area contributed by atoms with Gasteiger partial charge in [0, 0.05) is 19.7 Å². The lowest BCUT2D eigenvalue weighted by molar-refractivity contribution is -0.164. The maximum absolute atomic E-state index is 12.3. The molecule has 6 nitrogen and oxygen atoms in total. The summed E-state index contributed by atoms with van der Waals surface area (Å²) in [6.45, 7) is 6.49. The van der Waals surface area contributed by atoms with Crippen molar-refractivity contribution in [2.75, 3.05) is 13.2 Å². The van der Waals surface area contributed by atoms with Gasteiger partial charge in [-0.3, -0.25) is 14.4 Å². The SMILES string of the molecule is CCOC(=O)C(C)(C(=O)OCC)c1ccc(C(C)=O)n1C. The molecule has 0 N–H and O–H groups in total. The molecule has 1 aromatic heterocycles. The molecule has 0 fully saturated rings. The summed E-state index contributed by atoms with van der Waals surface area (Å²) in [5.41, 5.74) is -0.830. The number of hydrogen-bond acceptors (Lipinski definition) is 5. The Morgan fingerprint density at radius 1 is 1.10 bits per heavy atom. The number of Topliss-reactive ketones (excluding diaryl/α,β-unsaturated/α-hetero) is 1. The summed E-state index contributed by atoms with van der Waals surface area (Å²) in [7, 11) is 1.63. The van der Waals surface area contributed by atoms with Gasteiger partial charge in [-0.1, -0.05) is 0 Å². The number of ether oxygens (including phenoxy) is 2. The summed E-state index contributed by atoms with van der Waals surface area (Å²) < 4.78 is 11.6. The fourth-order valence-electron chi connectivity index (χ4n) is 2.21. The number of ketones is 1. The van der Waals surface area contributed by atoms with E-state index in [1.54, 1.807) is 33.0 Å². The standard InChI is InChI=1S/C15H21NO5/c1-6-20-13(18)15(4,14(19)21-7-2)12-9-8-11(10(3)17)16(12)5/h8-9H,6-7H2,1-5H3. The second-order valence-corrected chi connectivity index (χ2v) is 4.78. The number of carbonyl (C=O) groups excluding carboxylic acids is 3. The van der Waals surface area contributed by atoms with Crippen molar-refractivity contribution in [1.82, 2.24) is 4.57 Å². The molecule has 0 bridgehead atoms. The Bertz CT molecular complexity index is 540. The molecule has 0 aromatic carbocycles. The molecule has 0 aliphatic heterocycles. The topological polar surface area (TPSA) is 74.6 Å². The molecule has 0 atom stereocenters. The van der Waals surface area contributed by atoms with Crippen LogP contribution in [-0.2, 0) is 31.5 Å². The Labute approximate surface area is 124 Å². The molecule has 1 heterocycles. The smallest absolute Gasteiger partial charge is 0.329 e. The van der Waals surface area contributed by atoms with Crippen LogP contribution in [0, 0.1) is 0 Å². The first-order valence-corrected chi connectivity index (χ1v) is 6.82. The van der Waals surface area contributed by atoms with Crippen LogP contribution in [0.2, 0.25) is 0 Å². The Hall–Kier alpha value is -2.11. The highest BCUT2D eigenvalue weighted by Crippen LogP contribution is 2.29. The Morgan fingerprint density at radius 3 is 1.90 bits per heavy atom. The van der Waals surface area contributed by atoms with E-state index in [4.69, 9.17) is 9.47 Å². The Balaban J connectivity index is 3.40. The van der Waals surface area contributed by atoms with Gasteiger partial charge in [0.2, 0.25) is 5.41 Å². The second kappa shape index (κ2) is 6.56. The molecule has 1 aromatic rings. The highest BCUT2D eigenvalue weighted by Gasteiger charge is 2.48. The molecule has 116 valence electrons. The van der Waals surface area contributed by atoms with Crippen LogP contribution in [0.3, 0.4) is 0 Å². The molecule has 0 aliphatic rings. The Kier molecular flexibility index (Phi) is 5.29. The number of hydrogen-bond donors (Lipinski definition) is 0. The van der Waals surface area contributed by atoms with E-state index >= 15 is 0 Å². The number of aromatic nitrogens is 1. The normalized spacial score (nSPS) is 11.1. The molecule has 1 rings (SSSR count). The molecule has 0 spiro atoms. The third-order valence-electron chi connectivity index (χ3n) is 3.36. The first-order valence-electron chi connectivity index (χ1n) is 6.82. The predicted molar refractivity (Wildman–Crippen MR) is 76.0 cm³/mol. The zero-order valence-corrected chi connectivity index (χ0v) is 13.1. The predicted octanol–water partition coefficient (Wildman–Crippen LogP) is 1.61. The van der Waals surface area contributed by atoms with Gasteiger partial charge in [0.1, 0.15) is 0 Å². The van der Waals surface area contributed by atoms with Crippen LogP contribution in [0.15, 0.2) is 12.1 Å². The van der Waals surface area contributed by atoms with Gasteiger partial charge in [0.15, 0.2) is 5.78 Å². The fourth-order valence-corrected chi connectivity index (χ4v) is 2.21. The van der Waals surface area contributed by atoms with E-state index in [2.05, 4.69) is 0 Å². The molecule has 0 radical (unpaired) electrons. The third kappa shape index (κ3) is 2.99. The van der Waals surface area contributed by atoms with E-state index in [9.17, 15) is 14.4 Å². The number of carbonyl (C=O) groups is 3. The monoisotopic (exact) mass is 295 g/mol. The summed E-state index contributed by atoms with van der Waals surface area (Å²) in [5.74, 6) is -1.54. The van der Waals surface area contributed by atoms with Gasteiger partial charge in [-0.05, 0) is 32.9 Å². The van der Waals surface area contributed by atoms with Crippen molar-refractivity contribution in [2.45, 2.75) is 33.1 Å². The maximum atomic E-state index is 12.3. The van der Waals surface area contributed by atoms with Gasteiger partial charge in [-0.2, -0.15) is 0 Å². The summed E-state index contributed by atoms with van der Waals surface area (Å²) >= 11 is 0. The minimum Gasteiger partial charge on any atom is -0.465 e. The van der Waals surface area contributed by atoms with Gasteiger partial charge in [-0.15, -0.1) is 0 Å². The zero-order valence-electron chi connectivity index (χ0n) is 13.1. The van der Waals surface area contributed by atoms with E-state index < -0.39 is 17.4 Å². The lowest BCUT2D eigenvalue weighted by Gasteiger charge is -2.26. The zero-order chi connectivity index (χ0) is 16.2. The molecule has 6 heteroatoms. The van der Waals surface area contributed by atoms with Gasteiger partial charge in [-0.25, -0.2) is 0 Å². The molecular formula is C15H21NO5. The first kappa shape index (κ1) is 16.9. The van der Waals surface area contributed by atoms with Crippen LogP contribution in [0.25, 0.3) is 0 Å². The van der Waals surface area contributed by atoms with Crippen molar-refractivity contribution in [3.63, 3.8) is 0 Å². The van der Waals surface area contributed by atoms with Gasteiger partial charge in [0.25, 0.3) is 0 Å². The average Bonchev–Trinajstić information content (AvgIpc) is 2.80. The molecule has 0 amide bonds. The highest BCUT2D eigenvalue weighted by atomic mass is 16.6. The average molecular weight is 295 g/mol. The molecule has 0 unspecified atom stereocenters. The van der Waals surface area contributed by atoms with E-state index in [1.807, 2.05) is 0 Å². The molecular weight excluding hydrogens is 274 g/mol. The van der Waals surface area contributed by atoms with Gasteiger partial charge < -0.3 is 14.0 Å². The lowest BCUT2D eigenvalue weighted by Crippen LogP contribution is -2.45. The summed E-state index contributed by atoms with van der Waals surface area (Å²) in [4.78, 5) is 36.1. The number of rotatable bonds is 6. The quantitative estimate of drug-likeness (QED) is 0.453. The summed E-state index contributed by atoms with van der Waals surface area (Å²) in [5, 5.41) is 0. The summed E-state index contributed by atoms with van der Waals surface area (Å²) in [6, 6.07) is 3.15. The van der Waals surface area contributed by atoms with Crippen molar-refractivity contribution in [3.8, 4) is 0 Å². The summed E-state index contributed by atoms with van der Waals surface area (Å²) in [6.07, 6.45) is 0. The lowest BCUT2D eigenvalue weighted by atomic mass is 9.86. The molecule has 0 aliphatic carbocycles. The van der Waals surface area contributed by atoms with E-state index in [0.717, 1.165) is 0 Å². The van der Waals surface area contributed by atoms with Crippen LogP contribution >= 0.6 is 0 Å². The van der Waals surface area contributed by atoms with Crippen molar-refractivity contribution in [3.05, 3.63) is 23.5 Å². The first-order chi connectivity index (χ1) is 9.80. The van der Waals surface area contributed by atoms with E-state index in [-0.39, 0.29) is 19.0 Å². The van der Waals surface area contributed by atoms with Crippen LogP contribution in [0.1, 0.15) is 43.9 Å². The molecule has 21 heavy (non-hydrogen) atoms. The number of nitrogens with zero attached hydrogens (tertiary/aromatic N) is 1. The minimum absolute atomic E-state index is 0.151. The van der Waals surface area contributed by atoms with Crippen LogP contribution in [-0.4, -0.2) is 35.5 Å². The minimum atomic E-state index is -1.60. The Morgan fingerprint density at radius 2 is 1.57 bits per heavy atom. The van der Waals surface area contributed by atoms with Gasteiger partial charge >= 0.3 is 11.9 Å².